The Labute approximate surface area is 168 Å². The Balaban J connectivity index is 2.24. The number of benzene rings is 3. The van der Waals surface area contributed by atoms with Crippen LogP contribution in [-0.4, -0.2) is 20.7 Å². The molecule has 30 heavy (non-hydrogen) atoms. The number of non-ortho nitro benzene ring substituents is 2. The summed E-state index contributed by atoms with van der Waals surface area (Å²) in [5.41, 5.74) is -1.89. The Morgan fingerprint density at radius 3 is 1.77 bits per heavy atom. The molecular weight excluding hydrogens is 396 g/mol. The van der Waals surface area contributed by atoms with Crippen molar-refractivity contribution in [3.63, 3.8) is 0 Å². The topological polar surface area (TPSA) is 150 Å². The van der Waals surface area contributed by atoms with Gasteiger partial charge in [-0.1, -0.05) is 30.3 Å². The van der Waals surface area contributed by atoms with E-state index in [1.54, 1.807) is 18.2 Å². The summed E-state index contributed by atoms with van der Waals surface area (Å²) >= 11 is 0. The van der Waals surface area contributed by atoms with Crippen molar-refractivity contribution in [3.8, 4) is 0 Å². The number of rotatable bonds is 6. The van der Waals surface area contributed by atoms with Crippen LogP contribution in [-0.2, 0) is 0 Å². The number of hydrogen-bond donors (Lipinski definition) is 0. The highest BCUT2D eigenvalue weighted by Crippen LogP contribution is 2.35. The normalized spacial score (nSPS) is 10.3. The summed E-state index contributed by atoms with van der Waals surface area (Å²) in [4.78, 5) is 45.8. The molecular formula is C19H12N4O7. The van der Waals surface area contributed by atoms with Gasteiger partial charge in [-0.25, -0.2) is 0 Å². The molecule has 3 aromatic rings. The highest BCUT2D eigenvalue weighted by Gasteiger charge is 2.29. The molecule has 0 fully saturated rings. The minimum atomic E-state index is -0.901. The van der Waals surface area contributed by atoms with E-state index < -0.39 is 32.1 Å². The molecule has 0 aliphatic carbocycles. The quantitative estimate of drug-likeness (QED) is 0.433. The molecule has 11 nitrogen and oxygen atoms in total. The van der Waals surface area contributed by atoms with Crippen molar-refractivity contribution in [2.24, 2.45) is 0 Å². The summed E-state index contributed by atoms with van der Waals surface area (Å²) in [6, 6.07) is 15.9. The van der Waals surface area contributed by atoms with E-state index >= 15 is 0 Å². The molecule has 0 atom stereocenters. The zero-order valence-electron chi connectivity index (χ0n) is 15.1. The second-order valence-electron chi connectivity index (χ2n) is 5.97. The van der Waals surface area contributed by atoms with Crippen LogP contribution in [0.25, 0.3) is 0 Å². The molecule has 1 amide bonds. The molecule has 0 bridgehead atoms. The Morgan fingerprint density at radius 1 is 0.700 bits per heavy atom. The number of carbonyl (C=O) groups excluding carboxylic acids is 1. The van der Waals surface area contributed by atoms with Crippen molar-refractivity contribution >= 4 is 34.3 Å². The lowest BCUT2D eigenvalue weighted by atomic mass is 10.1. The van der Waals surface area contributed by atoms with Crippen LogP contribution in [0.4, 0.5) is 28.4 Å². The number of nitrogens with zero attached hydrogens (tertiary/aromatic N) is 4. The molecule has 3 rings (SSSR count). The maximum Gasteiger partial charge on any atom is 0.293 e. The number of hydrogen-bond acceptors (Lipinski definition) is 7. The number of carbonyl (C=O) groups is 1. The second-order valence-corrected chi connectivity index (χ2v) is 5.97. The third-order valence-corrected chi connectivity index (χ3v) is 4.11. The standard InChI is InChI=1S/C19H12N4O7/c24-19(13-10-15(21(25)26)12-16(11-13)22(27)28)20(14-6-2-1-3-7-14)17-8-4-5-9-18(17)23(29)30/h1-12H. The number of nitro benzene ring substituents is 3. The van der Waals surface area contributed by atoms with E-state index in [9.17, 15) is 35.1 Å². The first-order chi connectivity index (χ1) is 14.3. The molecule has 0 unspecified atom stereocenters. The van der Waals surface area contributed by atoms with Crippen molar-refractivity contribution in [3.05, 3.63) is 109 Å². The monoisotopic (exact) mass is 408 g/mol. The Morgan fingerprint density at radius 2 is 1.23 bits per heavy atom. The van der Waals surface area contributed by atoms with E-state index in [1.165, 1.54) is 36.4 Å². The molecule has 0 radical (unpaired) electrons. The zero-order chi connectivity index (χ0) is 21.8. The lowest BCUT2D eigenvalue weighted by Gasteiger charge is -2.22. The van der Waals surface area contributed by atoms with E-state index in [0.717, 1.165) is 23.1 Å². The average Bonchev–Trinajstić information content (AvgIpc) is 2.74. The fraction of sp³-hybridized carbons (Fsp3) is 0. The number of anilines is 2. The van der Waals surface area contributed by atoms with Crippen LogP contribution in [0, 0.1) is 30.3 Å². The fourth-order valence-electron chi connectivity index (χ4n) is 2.81. The first-order valence-corrected chi connectivity index (χ1v) is 8.36. The summed E-state index contributed by atoms with van der Waals surface area (Å²) in [5, 5.41) is 33.8. The van der Waals surface area contributed by atoms with E-state index in [4.69, 9.17) is 0 Å². The van der Waals surface area contributed by atoms with Gasteiger partial charge in [0.05, 0.1) is 26.4 Å². The van der Waals surface area contributed by atoms with Crippen LogP contribution in [0.5, 0.6) is 0 Å². The number of nitro groups is 3. The van der Waals surface area contributed by atoms with Gasteiger partial charge in [0.2, 0.25) is 0 Å². The highest BCUT2D eigenvalue weighted by atomic mass is 16.6. The van der Waals surface area contributed by atoms with Crippen molar-refractivity contribution in [1.29, 1.82) is 0 Å². The molecule has 0 saturated carbocycles. The van der Waals surface area contributed by atoms with Crippen LogP contribution >= 0.6 is 0 Å². The van der Waals surface area contributed by atoms with Crippen LogP contribution < -0.4 is 4.90 Å². The van der Waals surface area contributed by atoms with Crippen molar-refractivity contribution in [2.75, 3.05) is 4.90 Å². The van der Waals surface area contributed by atoms with Gasteiger partial charge in [-0.05, 0) is 18.2 Å². The molecule has 0 spiro atoms. The lowest BCUT2D eigenvalue weighted by molar-refractivity contribution is -0.394. The molecule has 0 aromatic heterocycles. The lowest BCUT2D eigenvalue weighted by Crippen LogP contribution is -2.26. The minimum absolute atomic E-state index is 0.0899. The van der Waals surface area contributed by atoms with Crippen molar-refractivity contribution in [2.45, 2.75) is 0 Å². The zero-order valence-corrected chi connectivity index (χ0v) is 15.1. The first kappa shape index (κ1) is 20.1. The fourth-order valence-corrected chi connectivity index (χ4v) is 2.81. The summed E-state index contributed by atoms with van der Waals surface area (Å²) in [5.74, 6) is -0.901. The summed E-state index contributed by atoms with van der Waals surface area (Å²) < 4.78 is 0. The van der Waals surface area contributed by atoms with Gasteiger partial charge in [-0.15, -0.1) is 0 Å². The van der Waals surface area contributed by atoms with Gasteiger partial charge in [-0.2, -0.15) is 0 Å². The molecule has 0 aliphatic heterocycles. The van der Waals surface area contributed by atoms with Gasteiger partial charge in [-0.3, -0.25) is 40.0 Å². The molecule has 0 saturated heterocycles. The largest absolute Gasteiger partial charge is 0.293 e. The van der Waals surface area contributed by atoms with E-state index in [1.807, 2.05) is 0 Å². The Hall–Kier alpha value is -4.67. The van der Waals surface area contributed by atoms with Gasteiger partial charge in [0.1, 0.15) is 5.69 Å². The molecule has 0 heterocycles. The Kier molecular flexibility index (Phi) is 5.45. The highest BCUT2D eigenvalue weighted by molar-refractivity contribution is 6.12. The third-order valence-electron chi connectivity index (χ3n) is 4.11. The molecule has 0 aliphatic rings. The summed E-state index contributed by atoms with van der Waals surface area (Å²) in [7, 11) is 0. The first-order valence-electron chi connectivity index (χ1n) is 8.36. The Bertz CT molecular complexity index is 1130. The number of para-hydroxylation sites is 3. The van der Waals surface area contributed by atoms with Crippen LogP contribution in [0.1, 0.15) is 10.4 Å². The minimum Gasteiger partial charge on any atom is -0.270 e. The molecule has 3 aromatic carbocycles. The average molecular weight is 408 g/mol. The third kappa shape index (κ3) is 3.94. The van der Waals surface area contributed by atoms with Gasteiger partial charge in [0, 0.05) is 23.9 Å². The molecule has 0 N–H and O–H groups in total. The SMILES string of the molecule is O=C(c1cc([N+](=O)[O-])cc([N+](=O)[O-])c1)N(c1ccccc1)c1ccccc1[N+](=O)[O-]. The molecule has 11 heteroatoms. The van der Waals surface area contributed by atoms with E-state index in [-0.39, 0.29) is 22.6 Å². The van der Waals surface area contributed by atoms with E-state index in [0.29, 0.717) is 0 Å². The summed E-state index contributed by atoms with van der Waals surface area (Å²) in [6.07, 6.45) is 0. The maximum absolute atomic E-state index is 13.3. The smallest absolute Gasteiger partial charge is 0.270 e. The predicted octanol–water partition coefficient (Wildman–Crippen LogP) is 4.39. The van der Waals surface area contributed by atoms with E-state index in [2.05, 4.69) is 0 Å². The van der Waals surface area contributed by atoms with Gasteiger partial charge < -0.3 is 0 Å². The molecule has 150 valence electrons. The van der Waals surface area contributed by atoms with Crippen LogP contribution in [0.15, 0.2) is 72.8 Å². The second kappa shape index (κ2) is 8.14. The summed E-state index contributed by atoms with van der Waals surface area (Å²) in [6.45, 7) is 0. The predicted molar refractivity (Wildman–Crippen MR) is 106 cm³/mol. The van der Waals surface area contributed by atoms with Crippen LogP contribution in [0.3, 0.4) is 0 Å². The van der Waals surface area contributed by atoms with Gasteiger partial charge >= 0.3 is 0 Å². The maximum atomic E-state index is 13.3. The van der Waals surface area contributed by atoms with Crippen LogP contribution in [0.2, 0.25) is 0 Å². The van der Waals surface area contributed by atoms with Crippen molar-refractivity contribution < 1.29 is 19.6 Å². The van der Waals surface area contributed by atoms with Gasteiger partial charge in [0.15, 0.2) is 0 Å². The van der Waals surface area contributed by atoms with Crippen molar-refractivity contribution in [1.82, 2.24) is 0 Å². The number of amides is 1. The van der Waals surface area contributed by atoms with Gasteiger partial charge in [0.25, 0.3) is 23.0 Å².